The average molecular weight is 337 g/mol. The summed E-state index contributed by atoms with van der Waals surface area (Å²) in [4.78, 5) is 26.4. The number of fused-ring (bicyclic) bond motifs is 1. The Balaban J connectivity index is 0.00000192. The first-order chi connectivity index (χ1) is 10.6. The molecule has 1 aliphatic rings. The van der Waals surface area contributed by atoms with Crippen LogP contribution in [0.5, 0.6) is 0 Å². The highest BCUT2D eigenvalue weighted by Crippen LogP contribution is 2.15. The summed E-state index contributed by atoms with van der Waals surface area (Å²) in [6, 6.07) is 7.56. The minimum atomic E-state index is -0.139. The lowest BCUT2D eigenvalue weighted by atomic mass is 10.1. The number of carbonyl (C=O) groups is 1. The Morgan fingerprint density at radius 1 is 1.39 bits per heavy atom. The highest BCUT2D eigenvalue weighted by molar-refractivity contribution is 5.88. The van der Waals surface area contributed by atoms with E-state index in [0.29, 0.717) is 11.1 Å². The maximum absolute atomic E-state index is 12.5. The van der Waals surface area contributed by atoms with Crippen LogP contribution >= 0.6 is 12.4 Å². The van der Waals surface area contributed by atoms with Gasteiger partial charge in [0.2, 0.25) is 5.91 Å². The Labute approximate surface area is 140 Å². The summed E-state index contributed by atoms with van der Waals surface area (Å²) in [6.07, 6.45) is 1.19. The fourth-order valence-electron chi connectivity index (χ4n) is 2.95. The zero-order valence-corrected chi connectivity index (χ0v) is 14.1. The number of hydrogen-bond donors (Lipinski definition) is 1. The first-order valence-electron chi connectivity index (χ1n) is 7.49. The third kappa shape index (κ3) is 3.38. The molecule has 2 aromatic rings. The molecule has 7 heteroatoms. The van der Waals surface area contributed by atoms with E-state index in [9.17, 15) is 9.59 Å². The molecule has 1 saturated heterocycles. The largest absolute Gasteiger partial charge is 0.341 e. The smallest absolute Gasteiger partial charge is 0.274 e. The number of aromatic nitrogens is 2. The molecule has 0 aliphatic carbocycles. The van der Waals surface area contributed by atoms with Crippen molar-refractivity contribution in [3.63, 3.8) is 0 Å². The molecular weight excluding hydrogens is 316 g/mol. The van der Waals surface area contributed by atoms with Crippen molar-refractivity contribution < 1.29 is 4.79 Å². The van der Waals surface area contributed by atoms with Crippen LogP contribution in [0.25, 0.3) is 10.8 Å². The van der Waals surface area contributed by atoms with Gasteiger partial charge >= 0.3 is 0 Å². The first-order valence-corrected chi connectivity index (χ1v) is 7.49. The number of amides is 1. The van der Waals surface area contributed by atoms with E-state index in [1.54, 1.807) is 18.0 Å². The Kier molecular flexibility index (Phi) is 5.38. The van der Waals surface area contributed by atoms with Gasteiger partial charge in [0.25, 0.3) is 5.56 Å². The van der Waals surface area contributed by atoms with Crippen LogP contribution in [0, 0.1) is 0 Å². The highest BCUT2D eigenvalue weighted by Gasteiger charge is 2.24. The van der Waals surface area contributed by atoms with Crippen LogP contribution in [0.15, 0.2) is 29.1 Å². The van der Waals surface area contributed by atoms with Crippen LogP contribution in [0.4, 0.5) is 0 Å². The lowest BCUT2D eigenvalue weighted by Crippen LogP contribution is -2.39. The van der Waals surface area contributed by atoms with Gasteiger partial charge in [-0.25, -0.2) is 4.68 Å². The molecule has 1 unspecified atom stereocenters. The minimum Gasteiger partial charge on any atom is -0.341 e. The number of carbonyl (C=O) groups excluding carboxylic acids is 1. The molecule has 1 aliphatic heterocycles. The molecule has 0 bridgehead atoms. The second-order valence-corrected chi connectivity index (χ2v) is 5.75. The normalized spacial score (nSPS) is 17.0. The van der Waals surface area contributed by atoms with E-state index in [1.807, 2.05) is 25.2 Å². The molecular formula is C16H21ClN4O2. The standard InChI is InChI=1S/C16H20N4O2.ClH/c1-19(11-7-8-17-10-11)15(21)9-14-12-5-3-4-6-13(12)16(22)20(2)18-14;/h3-6,11,17H,7-10H2,1-2H3;1H. The number of likely N-dealkylation sites (N-methyl/N-ethyl adjacent to an activating group) is 1. The monoisotopic (exact) mass is 336 g/mol. The molecule has 0 radical (unpaired) electrons. The van der Waals surface area contributed by atoms with Crippen LogP contribution in [-0.2, 0) is 18.3 Å². The minimum absolute atomic E-state index is 0. The van der Waals surface area contributed by atoms with Crippen molar-refractivity contribution in [3.05, 3.63) is 40.3 Å². The van der Waals surface area contributed by atoms with E-state index in [-0.39, 0.29) is 36.3 Å². The number of nitrogens with zero attached hydrogens (tertiary/aromatic N) is 3. The van der Waals surface area contributed by atoms with E-state index in [4.69, 9.17) is 0 Å². The van der Waals surface area contributed by atoms with Crippen LogP contribution in [-0.4, -0.2) is 46.8 Å². The van der Waals surface area contributed by atoms with E-state index >= 15 is 0 Å². The SMILES string of the molecule is CN(C(=O)Cc1nn(C)c(=O)c2ccccc12)C1CCNC1.Cl. The molecule has 1 N–H and O–H groups in total. The van der Waals surface area contributed by atoms with E-state index in [1.165, 1.54) is 4.68 Å². The summed E-state index contributed by atoms with van der Waals surface area (Å²) < 4.78 is 1.31. The third-order valence-electron chi connectivity index (χ3n) is 4.33. The predicted octanol–water partition coefficient (Wildman–Crippen LogP) is 0.718. The van der Waals surface area contributed by atoms with Gasteiger partial charge in [0, 0.05) is 32.1 Å². The molecule has 1 aromatic heterocycles. The molecule has 1 fully saturated rings. The van der Waals surface area contributed by atoms with E-state index in [0.717, 1.165) is 24.9 Å². The zero-order valence-electron chi connectivity index (χ0n) is 13.3. The number of benzene rings is 1. The molecule has 3 rings (SSSR count). The molecule has 1 atom stereocenters. The fraction of sp³-hybridized carbons (Fsp3) is 0.438. The number of nitrogens with one attached hydrogen (secondary N) is 1. The molecule has 124 valence electrons. The van der Waals surface area contributed by atoms with E-state index < -0.39 is 0 Å². The quantitative estimate of drug-likeness (QED) is 0.897. The van der Waals surface area contributed by atoms with Gasteiger partial charge < -0.3 is 10.2 Å². The molecule has 6 nitrogen and oxygen atoms in total. The van der Waals surface area contributed by atoms with Gasteiger partial charge in [-0.3, -0.25) is 9.59 Å². The van der Waals surface area contributed by atoms with Crippen molar-refractivity contribution in [2.24, 2.45) is 7.05 Å². The summed E-state index contributed by atoms with van der Waals surface area (Å²) in [5, 5.41) is 8.92. The van der Waals surface area contributed by atoms with Crippen molar-refractivity contribution in [2.75, 3.05) is 20.1 Å². The molecule has 1 aromatic carbocycles. The Bertz CT molecular complexity index is 768. The first kappa shape index (κ1) is 17.4. The van der Waals surface area contributed by atoms with Gasteiger partial charge in [0.15, 0.2) is 0 Å². The molecule has 23 heavy (non-hydrogen) atoms. The second kappa shape index (κ2) is 7.10. The topological polar surface area (TPSA) is 67.2 Å². The number of hydrogen-bond acceptors (Lipinski definition) is 4. The summed E-state index contributed by atoms with van der Waals surface area (Å²) in [7, 11) is 3.46. The fourth-order valence-corrected chi connectivity index (χ4v) is 2.95. The van der Waals surface area contributed by atoms with E-state index in [2.05, 4.69) is 10.4 Å². The number of aryl methyl sites for hydroxylation is 1. The van der Waals surface area contributed by atoms with Gasteiger partial charge in [0.05, 0.1) is 17.5 Å². The van der Waals surface area contributed by atoms with Crippen molar-refractivity contribution in [1.29, 1.82) is 0 Å². The second-order valence-electron chi connectivity index (χ2n) is 5.75. The molecule has 0 spiro atoms. The molecule has 0 saturated carbocycles. The Morgan fingerprint density at radius 3 is 2.74 bits per heavy atom. The summed E-state index contributed by atoms with van der Waals surface area (Å²) in [6.45, 7) is 1.78. The van der Waals surface area contributed by atoms with Crippen LogP contribution in [0.2, 0.25) is 0 Å². The van der Waals surface area contributed by atoms with Gasteiger partial charge in [-0.1, -0.05) is 18.2 Å². The Morgan fingerprint density at radius 2 is 2.09 bits per heavy atom. The average Bonchev–Trinajstić information content (AvgIpc) is 3.06. The summed E-state index contributed by atoms with van der Waals surface area (Å²) in [5.41, 5.74) is 0.514. The van der Waals surface area contributed by atoms with Crippen LogP contribution < -0.4 is 10.9 Å². The van der Waals surface area contributed by atoms with Crippen molar-refractivity contribution >= 4 is 29.1 Å². The van der Waals surface area contributed by atoms with Crippen molar-refractivity contribution in [2.45, 2.75) is 18.9 Å². The van der Waals surface area contributed by atoms with Gasteiger partial charge in [-0.2, -0.15) is 5.10 Å². The van der Waals surface area contributed by atoms with Crippen LogP contribution in [0.3, 0.4) is 0 Å². The van der Waals surface area contributed by atoms with Gasteiger partial charge in [-0.15, -0.1) is 12.4 Å². The van der Waals surface area contributed by atoms with Crippen molar-refractivity contribution in [1.82, 2.24) is 20.0 Å². The van der Waals surface area contributed by atoms with Crippen molar-refractivity contribution in [3.8, 4) is 0 Å². The lowest BCUT2D eigenvalue weighted by molar-refractivity contribution is -0.130. The number of halogens is 1. The predicted molar refractivity (Wildman–Crippen MR) is 92.0 cm³/mol. The summed E-state index contributed by atoms with van der Waals surface area (Å²) in [5.74, 6) is 0.0324. The maximum atomic E-state index is 12.5. The van der Waals surface area contributed by atoms with Gasteiger partial charge in [0.1, 0.15) is 0 Å². The summed E-state index contributed by atoms with van der Waals surface area (Å²) >= 11 is 0. The van der Waals surface area contributed by atoms with Crippen LogP contribution in [0.1, 0.15) is 12.1 Å². The number of rotatable bonds is 3. The highest BCUT2D eigenvalue weighted by atomic mass is 35.5. The Hall–Kier alpha value is -1.92. The molecule has 2 heterocycles. The lowest BCUT2D eigenvalue weighted by Gasteiger charge is -2.23. The molecule has 1 amide bonds. The van der Waals surface area contributed by atoms with Gasteiger partial charge in [-0.05, 0) is 19.0 Å². The maximum Gasteiger partial charge on any atom is 0.274 e. The third-order valence-corrected chi connectivity index (χ3v) is 4.33. The zero-order chi connectivity index (χ0) is 15.7.